The summed E-state index contributed by atoms with van der Waals surface area (Å²) in [4.78, 5) is 12.8. The molecule has 0 radical (unpaired) electrons. The van der Waals surface area contributed by atoms with Crippen molar-refractivity contribution < 1.29 is 4.79 Å². The Morgan fingerprint density at radius 2 is 1.90 bits per heavy atom. The number of nitriles is 2. The van der Waals surface area contributed by atoms with Crippen LogP contribution >= 0.6 is 11.3 Å². The van der Waals surface area contributed by atoms with Crippen molar-refractivity contribution >= 4 is 23.2 Å². The molecule has 0 saturated carbocycles. The predicted octanol–water partition coefficient (Wildman–Crippen LogP) is 3.72. The lowest BCUT2D eigenvalue weighted by atomic mass is 10.0. The van der Waals surface area contributed by atoms with Gasteiger partial charge in [-0.25, -0.2) is 0 Å². The third kappa shape index (κ3) is 2.83. The minimum absolute atomic E-state index is 0.0975. The quantitative estimate of drug-likeness (QED) is 0.488. The first-order valence-corrected chi connectivity index (χ1v) is 6.74. The average Bonchev–Trinajstić information content (AvgIpc) is 2.91. The molecule has 0 spiro atoms. The minimum atomic E-state index is -0.260. The summed E-state index contributed by atoms with van der Waals surface area (Å²) in [6.45, 7) is 1.85. The summed E-state index contributed by atoms with van der Waals surface area (Å²) < 4.78 is 0. The van der Waals surface area contributed by atoms with Crippen molar-refractivity contribution in [3.05, 3.63) is 62.9 Å². The maximum Gasteiger partial charge on any atom is 0.213 e. The normalized spacial score (nSPS) is 10.7. The first-order valence-electron chi connectivity index (χ1n) is 5.86. The molecule has 0 saturated heterocycles. The Hall–Kier alpha value is -2.69. The van der Waals surface area contributed by atoms with Crippen LogP contribution in [0.1, 0.15) is 26.4 Å². The number of allylic oxidation sites excluding steroid dienone is 1. The van der Waals surface area contributed by atoms with Crippen LogP contribution in [-0.4, -0.2) is 5.78 Å². The fourth-order valence-corrected chi connectivity index (χ4v) is 2.58. The highest BCUT2D eigenvalue weighted by Gasteiger charge is 2.15. The van der Waals surface area contributed by atoms with Gasteiger partial charge in [-0.3, -0.25) is 4.79 Å². The van der Waals surface area contributed by atoms with Gasteiger partial charge >= 0.3 is 0 Å². The zero-order valence-electron chi connectivity index (χ0n) is 10.8. The zero-order chi connectivity index (χ0) is 14.5. The Kier molecular flexibility index (Phi) is 4.10. The van der Waals surface area contributed by atoms with Crippen LogP contribution in [0.2, 0.25) is 0 Å². The van der Waals surface area contributed by atoms with Crippen molar-refractivity contribution in [1.29, 1.82) is 10.5 Å². The number of Topliss-reactive ketones (excluding diaryl/α,β-unsaturated/α-hetero) is 1. The molecule has 0 aliphatic carbocycles. The van der Waals surface area contributed by atoms with E-state index in [2.05, 4.69) is 0 Å². The molecule has 1 heterocycles. The van der Waals surface area contributed by atoms with Gasteiger partial charge in [0, 0.05) is 0 Å². The predicted molar refractivity (Wildman–Crippen MR) is 78.1 cm³/mol. The second-order valence-corrected chi connectivity index (χ2v) is 5.08. The number of carbonyl (C=O) groups is 1. The summed E-state index contributed by atoms with van der Waals surface area (Å²) in [6, 6.07) is 12.6. The van der Waals surface area contributed by atoms with E-state index in [1.165, 1.54) is 11.3 Å². The minimum Gasteiger partial charge on any atom is -0.287 e. The van der Waals surface area contributed by atoms with E-state index < -0.39 is 0 Å². The summed E-state index contributed by atoms with van der Waals surface area (Å²) in [7, 11) is 0. The van der Waals surface area contributed by atoms with E-state index in [1.54, 1.807) is 30.3 Å². The molecular formula is C16H10N2OS. The molecule has 0 aliphatic heterocycles. The van der Waals surface area contributed by atoms with E-state index in [-0.39, 0.29) is 11.4 Å². The molecule has 1 aromatic heterocycles. The molecule has 2 rings (SSSR count). The Balaban J connectivity index is 2.35. The maximum absolute atomic E-state index is 12.3. The first kappa shape index (κ1) is 13.7. The highest BCUT2D eigenvalue weighted by atomic mass is 32.1. The van der Waals surface area contributed by atoms with Crippen LogP contribution in [0, 0.1) is 29.6 Å². The highest BCUT2D eigenvalue weighted by Crippen LogP contribution is 2.21. The van der Waals surface area contributed by atoms with E-state index in [0.29, 0.717) is 10.4 Å². The molecule has 0 unspecified atom stereocenters. The summed E-state index contributed by atoms with van der Waals surface area (Å²) in [5.41, 5.74) is 2.24. The number of hydrogen-bond donors (Lipinski definition) is 0. The Bertz CT molecular complexity index is 755. The second kappa shape index (κ2) is 5.97. The number of thiophene rings is 1. The van der Waals surface area contributed by atoms with Crippen molar-refractivity contribution in [3.8, 4) is 12.1 Å². The molecule has 0 amide bonds. The number of carbonyl (C=O) groups excluding carboxylic acids is 1. The molecular weight excluding hydrogens is 268 g/mol. The first-order chi connectivity index (χ1) is 9.65. The van der Waals surface area contributed by atoms with Gasteiger partial charge in [0.15, 0.2) is 0 Å². The molecule has 0 atom stereocenters. The van der Waals surface area contributed by atoms with Gasteiger partial charge < -0.3 is 0 Å². The highest BCUT2D eigenvalue weighted by molar-refractivity contribution is 7.12. The molecule has 0 N–H and O–H groups in total. The van der Waals surface area contributed by atoms with E-state index >= 15 is 0 Å². The van der Waals surface area contributed by atoms with Gasteiger partial charge in [-0.1, -0.05) is 12.1 Å². The van der Waals surface area contributed by atoms with Crippen molar-refractivity contribution in [2.24, 2.45) is 0 Å². The fourth-order valence-electron chi connectivity index (χ4n) is 1.70. The molecule has 0 fully saturated rings. The summed E-state index contributed by atoms with van der Waals surface area (Å²) in [6.07, 6.45) is 1.54. The largest absolute Gasteiger partial charge is 0.287 e. The molecule has 0 bridgehead atoms. The number of rotatable bonds is 3. The molecule has 96 valence electrons. The monoisotopic (exact) mass is 278 g/mol. The number of ketones is 1. The van der Waals surface area contributed by atoms with Crippen LogP contribution in [0.3, 0.4) is 0 Å². The van der Waals surface area contributed by atoms with Gasteiger partial charge in [0.25, 0.3) is 0 Å². The van der Waals surface area contributed by atoms with Crippen LogP contribution < -0.4 is 0 Å². The molecule has 20 heavy (non-hydrogen) atoms. The number of hydrogen-bond acceptors (Lipinski definition) is 4. The molecule has 2 aromatic rings. The van der Waals surface area contributed by atoms with Gasteiger partial charge in [0.2, 0.25) is 5.78 Å². The maximum atomic E-state index is 12.3. The van der Waals surface area contributed by atoms with E-state index in [4.69, 9.17) is 10.5 Å². The molecule has 0 aliphatic rings. The van der Waals surface area contributed by atoms with Crippen molar-refractivity contribution in [3.63, 3.8) is 0 Å². The van der Waals surface area contributed by atoms with E-state index in [9.17, 15) is 4.79 Å². The third-order valence-corrected chi connectivity index (χ3v) is 3.80. The SMILES string of the molecule is Cc1ccsc1C(=O)C(C#N)=Cc1ccc(C#N)cc1. The topological polar surface area (TPSA) is 64.7 Å². The van der Waals surface area contributed by atoms with Gasteiger partial charge in [0.05, 0.1) is 16.5 Å². The van der Waals surface area contributed by atoms with E-state index in [1.807, 2.05) is 30.5 Å². The van der Waals surface area contributed by atoms with Crippen LogP contribution in [0.15, 0.2) is 41.3 Å². The Labute approximate surface area is 121 Å². The third-order valence-electron chi connectivity index (χ3n) is 2.78. The molecule has 3 nitrogen and oxygen atoms in total. The zero-order valence-corrected chi connectivity index (χ0v) is 11.6. The van der Waals surface area contributed by atoms with Gasteiger partial charge in [-0.2, -0.15) is 10.5 Å². The average molecular weight is 278 g/mol. The van der Waals surface area contributed by atoms with Crippen LogP contribution in [0.25, 0.3) is 6.08 Å². The Morgan fingerprint density at radius 3 is 2.40 bits per heavy atom. The summed E-state index contributed by atoms with van der Waals surface area (Å²) in [5.74, 6) is -0.260. The number of aryl methyl sites for hydroxylation is 1. The lowest BCUT2D eigenvalue weighted by Crippen LogP contribution is -2.01. The van der Waals surface area contributed by atoms with Crippen LogP contribution in [0.4, 0.5) is 0 Å². The Morgan fingerprint density at radius 1 is 1.20 bits per heavy atom. The van der Waals surface area contributed by atoms with Crippen molar-refractivity contribution in [2.45, 2.75) is 6.92 Å². The van der Waals surface area contributed by atoms with Crippen molar-refractivity contribution in [1.82, 2.24) is 0 Å². The number of benzene rings is 1. The smallest absolute Gasteiger partial charge is 0.213 e. The van der Waals surface area contributed by atoms with Crippen LogP contribution in [-0.2, 0) is 0 Å². The standard InChI is InChI=1S/C16H10N2OS/c1-11-6-7-20-16(11)15(19)14(10-18)8-12-2-4-13(9-17)5-3-12/h2-8H,1H3. The summed E-state index contributed by atoms with van der Waals surface area (Å²) in [5, 5.41) is 19.7. The van der Waals surface area contributed by atoms with Gasteiger partial charge in [-0.15, -0.1) is 11.3 Å². The molecule has 1 aromatic carbocycles. The van der Waals surface area contributed by atoms with Crippen molar-refractivity contribution in [2.75, 3.05) is 0 Å². The van der Waals surface area contributed by atoms with Gasteiger partial charge in [0.1, 0.15) is 11.6 Å². The fraction of sp³-hybridized carbons (Fsp3) is 0.0625. The lowest BCUT2D eigenvalue weighted by Gasteiger charge is -1.99. The van der Waals surface area contributed by atoms with Crippen LogP contribution in [0.5, 0.6) is 0 Å². The second-order valence-electron chi connectivity index (χ2n) is 4.17. The van der Waals surface area contributed by atoms with Gasteiger partial charge in [-0.05, 0) is 47.7 Å². The summed E-state index contributed by atoms with van der Waals surface area (Å²) >= 11 is 1.33. The lowest BCUT2D eigenvalue weighted by molar-refractivity contribution is 0.104. The number of nitrogens with zero attached hydrogens (tertiary/aromatic N) is 2. The van der Waals surface area contributed by atoms with E-state index in [0.717, 1.165) is 11.1 Å². The molecule has 4 heteroatoms.